The van der Waals surface area contributed by atoms with E-state index in [4.69, 9.17) is 18.9 Å². The lowest BCUT2D eigenvalue weighted by Crippen LogP contribution is -2.46. The number of carbonyl (C=O) groups excluding carboxylic acids is 3. The Labute approximate surface area is 203 Å². The van der Waals surface area contributed by atoms with E-state index in [0.29, 0.717) is 4.57 Å². The Balaban J connectivity index is 2.04. The maximum Gasteiger partial charge on any atom is 0.333 e. The Morgan fingerprint density at radius 3 is 2.14 bits per heavy atom. The van der Waals surface area contributed by atoms with Crippen LogP contribution in [0.25, 0.3) is 0 Å². The molecule has 194 valence electrons. The molecule has 0 bridgehead atoms. The molecule has 1 aliphatic rings. The number of alkyl halides is 2. The second-order valence-electron chi connectivity index (χ2n) is 8.02. The summed E-state index contributed by atoms with van der Waals surface area (Å²) in [5.74, 6) is -5.86. The zero-order valence-electron chi connectivity index (χ0n) is 19.6. The number of benzene rings is 1. The van der Waals surface area contributed by atoms with Gasteiger partial charge in [-0.3, -0.25) is 28.3 Å². The van der Waals surface area contributed by atoms with E-state index in [9.17, 15) is 32.8 Å². The summed E-state index contributed by atoms with van der Waals surface area (Å²) >= 11 is 0. The molecule has 1 fully saturated rings. The summed E-state index contributed by atoms with van der Waals surface area (Å²) in [6, 6.07) is 7.52. The van der Waals surface area contributed by atoms with Crippen molar-refractivity contribution < 1.29 is 42.1 Å². The van der Waals surface area contributed by atoms with Crippen LogP contribution in [0.3, 0.4) is 0 Å². The fraction of sp³-hybridized carbons (Fsp3) is 0.435. The molecule has 1 aromatic carbocycles. The van der Waals surface area contributed by atoms with Crippen LogP contribution in [0.4, 0.5) is 8.78 Å². The van der Waals surface area contributed by atoms with Crippen LogP contribution < -0.4 is 11.2 Å². The lowest BCUT2D eigenvalue weighted by atomic mass is 10.1. The zero-order chi connectivity index (χ0) is 26.6. The van der Waals surface area contributed by atoms with Gasteiger partial charge in [-0.25, -0.2) is 4.79 Å². The number of hydrogen-bond acceptors (Lipinski definition) is 9. The molecule has 0 N–H and O–H groups in total. The van der Waals surface area contributed by atoms with Gasteiger partial charge in [0.2, 0.25) is 0 Å². The highest BCUT2D eigenvalue weighted by molar-refractivity contribution is 5.68. The smallest absolute Gasteiger partial charge is 0.333 e. The Morgan fingerprint density at radius 1 is 0.944 bits per heavy atom. The Morgan fingerprint density at radius 2 is 1.56 bits per heavy atom. The molecule has 11 nitrogen and oxygen atoms in total. The van der Waals surface area contributed by atoms with Gasteiger partial charge >= 0.3 is 23.6 Å². The van der Waals surface area contributed by atoms with E-state index in [-0.39, 0.29) is 0 Å². The molecule has 2 aromatic rings. The minimum atomic E-state index is -3.58. The van der Waals surface area contributed by atoms with E-state index in [0.717, 1.165) is 49.7 Å². The first-order chi connectivity index (χ1) is 16.9. The van der Waals surface area contributed by atoms with Gasteiger partial charge in [-0.2, -0.15) is 8.78 Å². The van der Waals surface area contributed by atoms with Gasteiger partial charge in [0.1, 0.15) is 12.7 Å². The molecular weight excluding hydrogens is 486 g/mol. The highest BCUT2D eigenvalue weighted by atomic mass is 19.3. The summed E-state index contributed by atoms with van der Waals surface area (Å²) in [6.45, 7) is 1.57. The predicted molar refractivity (Wildman–Crippen MR) is 117 cm³/mol. The van der Waals surface area contributed by atoms with Crippen LogP contribution in [0, 0.1) is 0 Å². The van der Waals surface area contributed by atoms with Crippen LogP contribution in [0.1, 0.15) is 32.6 Å². The number of carbonyl (C=O) groups is 3. The highest BCUT2D eigenvalue weighted by Gasteiger charge is 2.51. The van der Waals surface area contributed by atoms with Gasteiger partial charge in [0, 0.05) is 38.6 Å². The fourth-order valence-electron chi connectivity index (χ4n) is 3.76. The molecular formula is C23H24F2N2O9. The lowest BCUT2D eigenvalue weighted by molar-refractivity contribution is -0.166. The van der Waals surface area contributed by atoms with E-state index in [1.165, 1.54) is 12.1 Å². The first-order valence-corrected chi connectivity index (χ1v) is 10.8. The number of aromatic nitrogens is 2. The molecule has 0 spiro atoms. The fourth-order valence-corrected chi connectivity index (χ4v) is 3.76. The Hall–Kier alpha value is -3.87. The molecule has 13 heteroatoms. The molecule has 0 radical (unpaired) electrons. The van der Waals surface area contributed by atoms with Crippen LogP contribution in [-0.2, 0) is 45.8 Å². The number of hydrogen-bond donors (Lipinski definition) is 0. The van der Waals surface area contributed by atoms with Crippen molar-refractivity contribution in [3.63, 3.8) is 0 Å². The highest BCUT2D eigenvalue weighted by Crippen LogP contribution is 2.34. The largest absolute Gasteiger partial charge is 0.463 e. The Kier molecular flexibility index (Phi) is 8.03. The third-order valence-electron chi connectivity index (χ3n) is 5.26. The van der Waals surface area contributed by atoms with Crippen molar-refractivity contribution in [2.45, 2.75) is 57.8 Å². The average Bonchev–Trinajstić information content (AvgIpc) is 3.11. The summed E-state index contributed by atoms with van der Waals surface area (Å²) in [6.07, 6.45) is -4.42. The van der Waals surface area contributed by atoms with Gasteiger partial charge in [-0.05, 0) is 0 Å². The minimum absolute atomic E-state index is 0.321. The van der Waals surface area contributed by atoms with Crippen LogP contribution in [0.2, 0.25) is 0 Å². The van der Waals surface area contributed by atoms with Gasteiger partial charge in [0.15, 0.2) is 18.4 Å². The second kappa shape index (κ2) is 10.8. The standard InChI is InChI=1S/C23H24F2N2O9/c1-13(28)33-11-17-19(34-14(2)29)20(35-15(3)30)21(36-17)26-10-9-18(31)27(22(26)32)12-23(24,25)16-7-5-4-6-8-16/h4-10,17,19-21H,11-12H2,1-3H3/t17?,19?,20-,21?/m0/s1. The molecule has 3 unspecified atom stereocenters. The average molecular weight is 510 g/mol. The topological polar surface area (TPSA) is 132 Å². The number of halogens is 2. The van der Waals surface area contributed by atoms with Crippen molar-refractivity contribution in [3.05, 3.63) is 69.0 Å². The third-order valence-corrected chi connectivity index (χ3v) is 5.26. The van der Waals surface area contributed by atoms with Crippen molar-refractivity contribution in [3.8, 4) is 0 Å². The maximum atomic E-state index is 14.9. The van der Waals surface area contributed by atoms with E-state index in [2.05, 4.69) is 0 Å². The SMILES string of the molecule is CC(=O)OCC1OC(n2ccc(=O)n(CC(F)(F)c3ccccc3)c2=O)[C@@H](OC(C)=O)C1OC(C)=O. The molecule has 1 saturated heterocycles. The maximum absolute atomic E-state index is 14.9. The molecule has 0 aliphatic carbocycles. The minimum Gasteiger partial charge on any atom is -0.463 e. The second-order valence-corrected chi connectivity index (χ2v) is 8.02. The number of ether oxygens (including phenoxy) is 4. The molecule has 4 atom stereocenters. The normalized spacial score (nSPS) is 21.6. The van der Waals surface area contributed by atoms with Crippen LogP contribution in [0.5, 0.6) is 0 Å². The van der Waals surface area contributed by atoms with Crippen molar-refractivity contribution in [1.82, 2.24) is 9.13 Å². The van der Waals surface area contributed by atoms with Crippen molar-refractivity contribution in [2.24, 2.45) is 0 Å². The molecule has 1 aliphatic heterocycles. The zero-order valence-corrected chi connectivity index (χ0v) is 19.6. The molecule has 36 heavy (non-hydrogen) atoms. The quantitative estimate of drug-likeness (QED) is 0.379. The predicted octanol–water partition coefficient (Wildman–Crippen LogP) is 1.13. The number of esters is 3. The van der Waals surface area contributed by atoms with Crippen molar-refractivity contribution in [1.29, 1.82) is 0 Å². The Bertz CT molecular complexity index is 1240. The first-order valence-electron chi connectivity index (χ1n) is 10.8. The summed E-state index contributed by atoms with van der Waals surface area (Å²) in [4.78, 5) is 60.4. The monoisotopic (exact) mass is 510 g/mol. The number of rotatable bonds is 8. The summed E-state index contributed by atoms with van der Waals surface area (Å²) < 4.78 is 52.0. The lowest BCUT2D eigenvalue weighted by Gasteiger charge is -2.24. The van der Waals surface area contributed by atoms with Gasteiger partial charge in [-0.1, -0.05) is 30.3 Å². The van der Waals surface area contributed by atoms with Gasteiger partial charge in [0.25, 0.3) is 11.5 Å². The van der Waals surface area contributed by atoms with E-state index in [1.807, 2.05) is 0 Å². The van der Waals surface area contributed by atoms with Gasteiger partial charge in [0.05, 0.1) is 6.54 Å². The van der Waals surface area contributed by atoms with Crippen LogP contribution >= 0.6 is 0 Å². The van der Waals surface area contributed by atoms with Crippen LogP contribution in [-0.4, -0.2) is 52.0 Å². The van der Waals surface area contributed by atoms with Gasteiger partial charge < -0.3 is 18.9 Å². The molecule has 2 heterocycles. The third kappa shape index (κ3) is 6.03. The molecule has 3 rings (SSSR count). The summed E-state index contributed by atoms with van der Waals surface area (Å²) in [5, 5.41) is 0. The van der Waals surface area contributed by atoms with E-state index in [1.54, 1.807) is 6.07 Å². The van der Waals surface area contributed by atoms with E-state index >= 15 is 0 Å². The molecule has 0 saturated carbocycles. The first kappa shape index (κ1) is 26.7. The summed E-state index contributed by atoms with van der Waals surface area (Å²) in [5.41, 5.74) is -2.59. The summed E-state index contributed by atoms with van der Waals surface area (Å²) in [7, 11) is 0. The van der Waals surface area contributed by atoms with Crippen molar-refractivity contribution in [2.75, 3.05) is 6.61 Å². The molecule has 1 aromatic heterocycles. The molecule has 0 amide bonds. The van der Waals surface area contributed by atoms with Gasteiger partial charge in [-0.15, -0.1) is 0 Å². The number of nitrogens with zero attached hydrogens (tertiary/aromatic N) is 2. The van der Waals surface area contributed by atoms with Crippen molar-refractivity contribution >= 4 is 17.9 Å². The van der Waals surface area contributed by atoms with Crippen LogP contribution in [0.15, 0.2) is 52.2 Å². The van der Waals surface area contributed by atoms with E-state index < -0.39 is 78.3 Å².